The Morgan fingerprint density at radius 2 is 2.13 bits per heavy atom. The Bertz CT molecular complexity index is 601. The molecule has 2 aromatic rings. The van der Waals surface area contributed by atoms with Crippen LogP contribution < -0.4 is 0 Å². The first-order valence-corrected chi connectivity index (χ1v) is 9.13. The van der Waals surface area contributed by atoms with Crippen LogP contribution in [0.4, 0.5) is 0 Å². The van der Waals surface area contributed by atoms with Crippen LogP contribution in [0.1, 0.15) is 17.2 Å². The molecule has 0 aromatic carbocycles. The maximum Gasteiger partial charge on any atom is 0.117 e. The highest BCUT2D eigenvalue weighted by Gasteiger charge is 2.41. The monoisotopic (exact) mass is 333 g/mol. The van der Waals surface area contributed by atoms with Crippen molar-refractivity contribution in [3.05, 3.63) is 40.7 Å². The lowest BCUT2D eigenvalue weighted by Crippen LogP contribution is -2.40. The summed E-state index contributed by atoms with van der Waals surface area (Å²) in [4.78, 5) is 9.45. The van der Waals surface area contributed by atoms with E-state index in [1.165, 1.54) is 11.4 Å². The highest BCUT2D eigenvalue weighted by atomic mass is 32.1. The van der Waals surface area contributed by atoms with Gasteiger partial charge in [-0.25, -0.2) is 4.98 Å². The standard InChI is InChI=1S/C17H23N3O2S/c1-2-15(22-7-1)10-19-5-3-17(12-19)13-20(6-8-21-14-17)11-16-18-4-9-23-16/h1-2,4,7,9H,3,5-6,8,10-14H2/t17-/m0/s1. The zero-order valence-corrected chi connectivity index (χ0v) is 14.1. The fourth-order valence-electron chi connectivity index (χ4n) is 3.77. The quantitative estimate of drug-likeness (QED) is 0.860. The number of hydrogen-bond acceptors (Lipinski definition) is 6. The van der Waals surface area contributed by atoms with E-state index in [1.54, 1.807) is 17.6 Å². The van der Waals surface area contributed by atoms with Crippen LogP contribution in [0.25, 0.3) is 0 Å². The third-order valence-electron chi connectivity index (χ3n) is 4.84. The minimum atomic E-state index is 0.250. The molecule has 6 heteroatoms. The number of rotatable bonds is 4. The molecule has 0 aliphatic carbocycles. The van der Waals surface area contributed by atoms with E-state index >= 15 is 0 Å². The van der Waals surface area contributed by atoms with Crippen molar-refractivity contribution < 1.29 is 9.15 Å². The first-order chi connectivity index (χ1) is 11.3. The van der Waals surface area contributed by atoms with Crippen molar-refractivity contribution in [1.82, 2.24) is 14.8 Å². The average molecular weight is 333 g/mol. The predicted molar refractivity (Wildman–Crippen MR) is 89.2 cm³/mol. The maximum absolute atomic E-state index is 5.96. The summed E-state index contributed by atoms with van der Waals surface area (Å²) in [7, 11) is 0. The Morgan fingerprint density at radius 3 is 2.91 bits per heavy atom. The van der Waals surface area contributed by atoms with Crippen molar-refractivity contribution in [1.29, 1.82) is 0 Å². The molecular weight excluding hydrogens is 310 g/mol. The summed E-state index contributed by atoms with van der Waals surface area (Å²) < 4.78 is 11.5. The summed E-state index contributed by atoms with van der Waals surface area (Å²) >= 11 is 1.74. The molecule has 4 rings (SSSR count). The third-order valence-corrected chi connectivity index (χ3v) is 5.60. The topological polar surface area (TPSA) is 41.7 Å². The molecular formula is C17H23N3O2S. The van der Waals surface area contributed by atoms with Gasteiger partial charge >= 0.3 is 0 Å². The summed E-state index contributed by atoms with van der Waals surface area (Å²) in [6.07, 6.45) is 4.85. The summed E-state index contributed by atoms with van der Waals surface area (Å²) in [6, 6.07) is 4.02. The molecule has 2 fully saturated rings. The normalized spacial score (nSPS) is 26.8. The zero-order valence-electron chi connectivity index (χ0n) is 13.3. The van der Waals surface area contributed by atoms with Gasteiger partial charge in [-0.2, -0.15) is 0 Å². The van der Waals surface area contributed by atoms with Crippen LogP contribution in [-0.2, 0) is 17.8 Å². The van der Waals surface area contributed by atoms with Gasteiger partial charge in [-0.3, -0.25) is 9.80 Å². The zero-order chi connectivity index (χ0) is 15.5. The molecule has 2 aromatic heterocycles. The molecule has 1 spiro atoms. The van der Waals surface area contributed by atoms with Gasteiger partial charge in [0, 0.05) is 36.6 Å². The van der Waals surface area contributed by atoms with E-state index in [4.69, 9.17) is 9.15 Å². The van der Waals surface area contributed by atoms with Crippen LogP contribution in [0.2, 0.25) is 0 Å². The molecule has 0 unspecified atom stereocenters. The lowest BCUT2D eigenvalue weighted by Gasteiger charge is -2.31. The van der Waals surface area contributed by atoms with Gasteiger partial charge in [-0.05, 0) is 25.1 Å². The molecule has 4 heterocycles. The maximum atomic E-state index is 5.96. The average Bonchev–Trinajstić information content (AvgIpc) is 3.25. The second-order valence-electron chi connectivity index (χ2n) is 6.73. The van der Waals surface area contributed by atoms with E-state index in [0.717, 1.165) is 58.2 Å². The van der Waals surface area contributed by atoms with Crippen LogP contribution in [0.5, 0.6) is 0 Å². The van der Waals surface area contributed by atoms with Gasteiger partial charge in [-0.1, -0.05) is 0 Å². The molecule has 0 bridgehead atoms. The number of nitrogens with zero attached hydrogens (tertiary/aromatic N) is 3. The van der Waals surface area contributed by atoms with Gasteiger partial charge in [0.25, 0.3) is 0 Å². The Labute approximate surface area is 140 Å². The van der Waals surface area contributed by atoms with Crippen molar-refractivity contribution in [2.24, 2.45) is 5.41 Å². The van der Waals surface area contributed by atoms with Crippen molar-refractivity contribution in [2.75, 3.05) is 39.4 Å². The van der Waals surface area contributed by atoms with Crippen LogP contribution in [0, 0.1) is 5.41 Å². The number of aromatic nitrogens is 1. The molecule has 0 radical (unpaired) electrons. The number of hydrogen-bond donors (Lipinski definition) is 0. The van der Waals surface area contributed by atoms with E-state index in [1.807, 2.05) is 12.3 Å². The van der Waals surface area contributed by atoms with Gasteiger partial charge in [0.05, 0.1) is 32.6 Å². The first-order valence-electron chi connectivity index (χ1n) is 8.25. The van der Waals surface area contributed by atoms with Crippen molar-refractivity contribution in [3.63, 3.8) is 0 Å². The van der Waals surface area contributed by atoms with Gasteiger partial charge in [0.1, 0.15) is 10.8 Å². The molecule has 2 saturated heterocycles. The SMILES string of the molecule is c1coc(CN2CC[C@]3(COCCN(Cc4nccs4)C3)C2)c1. The van der Waals surface area contributed by atoms with Crippen molar-refractivity contribution in [2.45, 2.75) is 19.5 Å². The minimum Gasteiger partial charge on any atom is -0.468 e. The smallest absolute Gasteiger partial charge is 0.117 e. The highest BCUT2D eigenvalue weighted by Crippen LogP contribution is 2.34. The second kappa shape index (κ2) is 6.73. The summed E-state index contributed by atoms with van der Waals surface area (Å²) in [5, 5.41) is 3.26. The summed E-state index contributed by atoms with van der Waals surface area (Å²) in [6.45, 7) is 7.85. The predicted octanol–water partition coefficient (Wildman–Crippen LogP) is 2.46. The van der Waals surface area contributed by atoms with Gasteiger partial charge < -0.3 is 9.15 Å². The van der Waals surface area contributed by atoms with Gasteiger partial charge in [0.2, 0.25) is 0 Å². The minimum absolute atomic E-state index is 0.250. The molecule has 1 atom stereocenters. The Hall–Kier alpha value is -1.21. The molecule has 5 nitrogen and oxygen atoms in total. The third kappa shape index (κ3) is 3.66. The van der Waals surface area contributed by atoms with Gasteiger partial charge in [0.15, 0.2) is 0 Å². The lowest BCUT2D eigenvalue weighted by atomic mass is 9.87. The summed E-state index contributed by atoms with van der Waals surface area (Å²) in [5.74, 6) is 1.05. The van der Waals surface area contributed by atoms with Crippen LogP contribution in [0.3, 0.4) is 0 Å². The second-order valence-corrected chi connectivity index (χ2v) is 7.71. The molecule has 0 saturated carbocycles. The van der Waals surface area contributed by atoms with Crippen LogP contribution in [-0.4, -0.2) is 54.2 Å². The largest absolute Gasteiger partial charge is 0.468 e. The molecule has 124 valence electrons. The molecule has 2 aliphatic heterocycles. The first kappa shape index (κ1) is 15.3. The van der Waals surface area contributed by atoms with E-state index in [2.05, 4.69) is 26.2 Å². The molecule has 2 aliphatic rings. The van der Waals surface area contributed by atoms with Gasteiger partial charge in [-0.15, -0.1) is 11.3 Å². The summed E-state index contributed by atoms with van der Waals surface area (Å²) in [5.41, 5.74) is 0.250. The molecule has 0 amide bonds. The Kier molecular flexibility index (Phi) is 4.48. The van der Waals surface area contributed by atoms with Crippen molar-refractivity contribution in [3.8, 4) is 0 Å². The number of furan rings is 1. The van der Waals surface area contributed by atoms with Crippen LogP contribution in [0.15, 0.2) is 34.4 Å². The number of thiazole rings is 1. The van der Waals surface area contributed by atoms with E-state index in [0.29, 0.717) is 0 Å². The van der Waals surface area contributed by atoms with E-state index in [9.17, 15) is 0 Å². The fourth-order valence-corrected chi connectivity index (χ4v) is 4.43. The lowest BCUT2D eigenvalue weighted by molar-refractivity contribution is 0.0701. The van der Waals surface area contributed by atoms with Crippen molar-refractivity contribution >= 4 is 11.3 Å². The Balaban J connectivity index is 1.40. The van der Waals surface area contributed by atoms with Crippen LogP contribution >= 0.6 is 11.3 Å². The van der Waals surface area contributed by atoms with E-state index in [-0.39, 0.29) is 5.41 Å². The van der Waals surface area contributed by atoms with E-state index < -0.39 is 0 Å². The molecule has 23 heavy (non-hydrogen) atoms. The Morgan fingerprint density at radius 1 is 1.22 bits per heavy atom. The fraction of sp³-hybridized carbons (Fsp3) is 0.588. The molecule has 0 N–H and O–H groups in total. The number of likely N-dealkylation sites (tertiary alicyclic amines) is 1. The highest BCUT2D eigenvalue weighted by molar-refractivity contribution is 7.09. The number of ether oxygens (including phenoxy) is 1.